The predicted octanol–water partition coefficient (Wildman–Crippen LogP) is 4.44. The lowest BCUT2D eigenvalue weighted by molar-refractivity contribution is -0.138. The van der Waals surface area contributed by atoms with Crippen molar-refractivity contribution in [1.82, 2.24) is 0 Å². The highest BCUT2D eigenvalue weighted by atomic mass is 35.5. The molecule has 0 aliphatic heterocycles. The van der Waals surface area contributed by atoms with Crippen LogP contribution in [0.2, 0.25) is 0 Å². The molecule has 0 aliphatic carbocycles. The van der Waals surface area contributed by atoms with E-state index in [4.69, 9.17) is 10.5 Å². The number of hydrogen-bond donors (Lipinski definition) is 1. The molecule has 0 unspecified atom stereocenters. The van der Waals surface area contributed by atoms with Crippen molar-refractivity contribution < 1.29 is 17.9 Å². The Morgan fingerprint density at radius 1 is 1.00 bits per heavy atom. The molecule has 0 atom stereocenters. The van der Waals surface area contributed by atoms with E-state index < -0.39 is 11.7 Å². The van der Waals surface area contributed by atoms with Crippen molar-refractivity contribution in [3.63, 3.8) is 0 Å². The van der Waals surface area contributed by atoms with Gasteiger partial charge >= 0.3 is 6.18 Å². The maximum Gasteiger partial charge on any atom is 0.419 e. The van der Waals surface area contributed by atoms with Gasteiger partial charge in [-0.2, -0.15) is 13.2 Å². The fraction of sp³-hybridized carbons (Fsp3) is 0.250. The molecule has 2 rings (SSSR count). The van der Waals surface area contributed by atoms with E-state index in [-0.39, 0.29) is 31.3 Å². The van der Waals surface area contributed by atoms with Crippen LogP contribution in [0.15, 0.2) is 42.5 Å². The number of rotatable bonds is 4. The summed E-state index contributed by atoms with van der Waals surface area (Å²) in [5, 5.41) is 0. The maximum absolute atomic E-state index is 13.1. The van der Waals surface area contributed by atoms with Crippen LogP contribution in [0.1, 0.15) is 11.1 Å². The first-order valence-electron chi connectivity index (χ1n) is 6.53. The van der Waals surface area contributed by atoms with Crippen molar-refractivity contribution in [3.8, 4) is 16.9 Å². The summed E-state index contributed by atoms with van der Waals surface area (Å²) in [7, 11) is 0. The van der Waals surface area contributed by atoms with E-state index in [2.05, 4.69) is 0 Å². The number of nitrogens with two attached hydrogens (primary N) is 1. The van der Waals surface area contributed by atoms with Crippen LogP contribution >= 0.6 is 12.4 Å². The van der Waals surface area contributed by atoms with Gasteiger partial charge in [0, 0.05) is 6.54 Å². The van der Waals surface area contributed by atoms with Gasteiger partial charge in [-0.05, 0) is 30.2 Å². The van der Waals surface area contributed by atoms with Gasteiger partial charge in [0.05, 0.1) is 5.56 Å². The summed E-state index contributed by atoms with van der Waals surface area (Å²) >= 11 is 0. The van der Waals surface area contributed by atoms with E-state index in [9.17, 15) is 13.2 Å². The molecule has 0 bridgehead atoms. The summed E-state index contributed by atoms with van der Waals surface area (Å²) in [6, 6.07) is 11.4. The van der Waals surface area contributed by atoms with Gasteiger partial charge in [-0.25, -0.2) is 0 Å². The summed E-state index contributed by atoms with van der Waals surface area (Å²) in [6.45, 7) is 2.14. The Labute approximate surface area is 133 Å². The standard InChI is InChI=1S/C16H16F3NO.ClH/c1-11-2-4-12(5-3-11)13-6-7-15(21-9-8-20)14(10-13)16(17,18)19;/h2-7,10H,8-9,20H2,1H3;1H. The van der Waals surface area contributed by atoms with Gasteiger partial charge in [-0.15, -0.1) is 12.4 Å². The highest BCUT2D eigenvalue weighted by Gasteiger charge is 2.34. The van der Waals surface area contributed by atoms with Crippen molar-refractivity contribution in [1.29, 1.82) is 0 Å². The summed E-state index contributed by atoms with van der Waals surface area (Å²) in [5.74, 6) is -0.191. The monoisotopic (exact) mass is 331 g/mol. The second kappa shape index (κ2) is 7.51. The quantitative estimate of drug-likeness (QED) is 0.899. The summed E-state index contributed by atoms with van der Waals surface area (Å²) in [6.07, 6.45) is -4.47. The van der Waals surface area contributed by atoms with Gasteiger partial charge in [0.25, 0.3) is 0 Å². The zero-order chi connectivity index (χ0) is 15.5. The van der Waals surface area contributed by atoms with E-state index in [0.717, 1.165) is 17.2 Å². The Morgan fingerprint density at radius 3 is 2.14 bits per heavy atom. The summed E-state index contributed by atoms with van der Waals surface area (Å²) in [5.41, 5.74) is 6.77. The predicted molar refractivity (Wildman–Crippen MR) is 83.4 cm³/mol. The molecule has 2 nitrogen and oxygen atoms in total. The number of ether oxygens (including phenoxy) is 1. The van der Waals surface area contributed by atoms with Gasteiger partial charge in [0.2, 0.25) is 0 Å². The summed E-state index contributed by atoms with van der Waals surface area (Å²) in [4.78, 5) is 0. The molecule has 2 N–H and O–H groups in total. The van der Waals surface area contributed by atoms with E-state index >= 15 is 0 Å². The SMILES string of the molecule is Cc1ccc(-c2ccc(OCCN)c(C(F)(F)F)c2)cc1.Cl. The van der Waals surface area contributed by atoms with Gasteiger partial charge < -0.3 is 10.5 Å². The van der Waals surface area contributed by atoms with Gasteiger partial charge in [0.1, 0.15) is 12.4 Å². The van der Waals surface area contributed by atoms with Crippen LogP contribution in [0.3, 0.4) is 0 Å². The van der Waals surface area contributed by atoms with Gasteiger partial charge in [-0.3, -0.25) is 0 Å². The van der Waals surface area contributed by atoms with Crippen LogP contribution in [-0.4, -0.2) is 13.2 Å². The lowest BCUT2D eigenvalue weighted by atomic mass is 10.0. The van der Waals surface area contributed by atoms with Crippen LogP contribution in [0, 0.1) is 6.92 Å². The largest absolute Gasteiger partial charge is 0.492 e. The fourth-order valence-corrected chi connectivity index (χ4v) is 1.97. The van der Waals surface area contributed by atoms with Crippen LogP contribution in [-0.2, 0) is 6.18 Å². The first-order valence-corrected chi connectivity index (χ1v) is 6.53. The summed E-state index contributed by atoms with van der Waals surface area (Å²) < 4.78 is 44.5. The number of aryl methyl sites for hydroxylation is 1. The zero-order valence-electron chi connectivity index (χ0n) is 12.0. The van der Waals surface area contributed by atoms with Crippen molar-refractivity contribution in [2.75, 3.05) is 13.2 Å². The fourth-order valence-electron chi connectivity index (χ4n) is 1.97. The minimum absolute atomic E-state index is 0. The Kier molecular flexibility index (Phi) is 6.26. The van der Waals surface area contributed by atoms with Crippen molar-refractivity contribution in [2.24, 2.45) is 5.73 Å². The lowest BCUT2D eigenvalue weighted by Gasteiger charge is -2.15. The topological polar surface area (TPSA) is 35.2 Å². The van der Waals surface area contributed by atoms with Crippen molar-refractivity contribution in [3.05, 3.63) is 53.6 Å². The van der Waals surface area contributed by atoms with E-state index in [1.54, 1.807) is 18.2 Å². The van der Waals surface area contributed by atoms with E-state index in [1.165, 1.54) is 6.07 Å². The average molecular weight is 332 g/mol. The Bertz CT molecular complexity index is 612. The molecule has 0 fully saturated rings. The molecule has 0 aliphatic rings. The number of hydrogen-bond acceptors (Lipinski definition) is 2. The molecule has 0 heterocycles. The number of alkyl halides is 3. The molecule has 2 aromatic carbocycles. The third-order valence-corrected chi connectivity index (χ3v) is 3.05. The normalized spacial score (nSPS) is 11.0. The van der Waals surface area contributed by atoms with Crippen LogP contribution in [0.25, 0.3) is 11.1 Å². The molecular weight excluding hydrogens is 315 g/mol. The molecule has 2 aromatic rings. The number of halogens is 4. The first-order chi connectivity index (χ1) is 9.91. The molecule has 0 aromatic heterocycles. The molecule has 0 saturated heterocycles. The lowest BCUT2D eigenvalue weighted by Crippen LogP contribution is -2.14. The molecule has 0 saturated carbocycles. The number of benzene rings is 2. The van der Waals surface area contributed by atoms with Crippen molar-refractivity contribution in [2.45, 2.75) is 13.1 Å². The molecule has 120 valence electrons. The average Bonchev–Trinajstić information content (AvgIpc) is 2.45. The minimum Gasteiger partial charge on any atom is -0.492 e. The maximum atomic E-state index is 13.1. The second-order valence-corrected chi connectivity index (χ2v) is 4.71. The Hall–Kier alpha value is -1.72. The Balaban J connectivity index is 0.00000242. The van der Waals surface area contributed by atoms with Crippen LogP contribution < -0.4 is 10.5 Å². The Morgan fingerprint density at radius 2 is 1.59 bits per heavy atom. The molecular formula is C16H17ClF3NO. The molecule has 0 spiro atoms. The molecule has 0 radical (unpaired) electrons. The van der Waals surface area contributed by atoms with Crippen LogP contribution in [0.4, 0.5) is 13.2 Å². The van der Waals surface area contributed by atoms with E-state index in [1.807, 2.05) is 19.1 Å². The molecule has 6 heteroatoms. The second-order valence-electron chi connectivity index (χ2n) is 4.71. The molecule has 22 heavy (non-hydrogen) atoms. The highest BCUT2D eigenvalue weighted by Crippen LogP contribution is 2.38. The highest BCUT2D eigenvalue weighted by molar-refractivity contribution is 5.85. The van der Waals surface area contributed by atoms with Gasteiger partial charge in [0.15, 0.2) is 0 Å². The minimum atomic E-state index is -4.47. The van der Waals surface area contributed by atoms with Crippen molar-refractivity contribution >= 4 is 12.4 Å². The molecule has 0 amide bonds. The smallest absolute Gasteiger partial charge is 0.419 e. The van der Waals surface area contributed by atoms with E-state index in [0.29, 0.717) is 5.56 Å². The van der Waals surface area contributed by atoms with Crippen LogP contribution in [0.5, 0.6) is 5.75 Å². The third kappa shape index (κ3) is 4.39. The first kappa shape index (κ1) is 18.3. The van der Waals surface area contributed by atoms with Gasteiger partial charge in [-0.1, -0.05) is 35.9 Å². The zero-order valence-corrected chi connectivity index (χ0v) is 12.8. The third-order valence-electron chi connectivity index (χ3n) is 3.05.